The maximum atomic E-state index is 12.8. The fourth-order valence-corrected chi connectivity index (χ4v) is 2.57. The number of carbonyl (C=O) groups excluding carboxylic acids is 3. The van der Waals surface area contributed by atoms with Crippen LogP contribution in [-0.4, -0.2) is 24.6 Å². The summed E-state index contributed by atoms with van der Waals surface area (Å²) in [4.78, 5) is 37.3. The third kappa shape index (κ3) is 3.77. The van der Waals surface area contributed by atoms with Crippen LogP contribution in [0, 0.1) is 5.41 Å². The Morgan fingerprint density at radius 3 is 1.88 bits per heavy atom. The number of esters is 1. The number of carbonyl (C=O) groups is 3. The number of rotatable bonds is 7. The SMILES string of the molecule is COC(=O)C(C)(CCC(=O)c1ccccc1)C(=O)c1ccccc1. The van der Waals surface area contributed by atoms with E-state index >= 15 is 0 Å². The standard InChI is InChI=1S/C20H20O4/c1-20(19(23)24-2,18(22)16-11-7-4-8-12-16)14-13-17(21)15-9-5-3-6-10-15/h3-12H,13-14H2,1-2H3. The molecule has 1 unspecified atom stereocenters. The Labute approximate surface area is 141 Å². The monoisotopic (exact) mass is 324 g/mol. The van der Waals surface area contributed by atoms with Gasteiger partial charge in [0, 0.05) is 17.5 Å². The van der Waals surface area contributed by atoms with E-state index in [4.69, 9.17) is 4.74 Å². The molecular weight excluding hydrogens is 304 g/mol. The van der Waals surface area contributed by atoms with Gasteiger partial charge in [0.05, 0.1) is 7.11 Å². The highest BCUT2D eigenvalue weighted by molar-refractivity contribution is 6.12. The largest absolute Gasteiger partial charge is 0.468 e. The van der Waals surface area contributed by atoms with Gasteiger partial charge in [-0.2, -0.15) is 0 Å². The average molecular weight is 324 g/mol. The van der Waals surface area contributed by atoms with Gasteiger partial charge in [0.1, 0.15) is 5.41 Å². The zero-order chi connectivity index (χ0) is 17.6. The molecular formula is C20H20O4. The van der Waals surface area contributed by atoms with Crippen molar-refractivity contribution >= 4 is 17.5 Å². The van der Waals surface area contributed by atoms with E-state index in [1.54, 1.807) is 54.6 Å². The molecule has 24 heavy (non-hydrogen) atoms. The highest BCUT2D eigenvalue weighted by Gasteiger charge is 2.42. The first-order chi connectivity index (χ1) is 11.5. The molecule has 0 saturated heterocycles. The maximum Gasteiger partial charge on any atom is 0.319 e. The van der Waals surface area contributed by atoms with Crippen LogP contribution in [0.5, 0.6) is 0 Å². The number of hydrogen-bond acceptors (Lipinski definition) is 4. The summed E-state index contributed by atoms with van der Waals surface area (Å²) >= 11 is 0. The third-order valence-electron chi connectivity index (χ3n) is 4.12. The van der Waals surface area contributed by atoms with Gasteiger partial charge in [0.25, 0.3) is 0 Å². The van der Waals surface area contributed by atoms with Gasteiger partial charge in [0.15, 0.2) is 11.6 Å². The summed E-state index contributed by atoms with van der Waals surface area (Å²) in [7, 11) is 1.25. The first-order valence-electron chi connectivity index (χ1n) is 7.75. The topological polar surface area (TPSA) is 60.4 Å². The highest BCUT2D eigenvalue weighted by Crippen LogP contribution is 2.30. The molecule has 0 aliphatic carbocycles. The summed E-state index contributed by atoms with van der Waals surface area (Å²) in [6.45, 7) is 1.53. The summed E-state index contributed by atoms with van der Waals surface area (Å²) in [6, 6.07) is 17.4. The molecule has 4 heteroatoms. The van der Waals surface area contributed by atoms with E-state index in [2.05, 4.69) is 0 Å². The van der Waals surface area contributed by atoms with Crippen molar-refractivity contribution in [1.82, 2.24) is 0 Å². The molecule has 0 saturated carbocycles. The summed E-state index contributed by atoms with van der Waals surface area (Å²) in [5.74, 6) is -1.07. The van der Waals surface area contributed by atoms with E-state index < -0.39 is 11.4 Å². The van der Waals surface area contributed by atoms with Crippen LogP contribution in [0.3, 0.4) is 0 Å². The second-order valence-corrected chi connectivity index (χ2v) is 5.81. The van der Waals surface area contributed by atoms with Gasteiger partial charge in [-0.25, -0.2) is 0 Å². The van der Waals surface area contributed by atoms with Gasteiger partial charge < -0.3 is 4.74 Å². The highest BCUT2D eigenvalue weighted by atomic mass is 16.5. The van der Waals surface area contributed by atoms with Gasteiger partial charge in [0.2, 0.25) is 0 Å². The fourth-order valence-electron chi connectivity index (χ4n) is 2.57. The second kappa shape index (κ2) is 7.68. The molecule has 2 rings (SSSR count). The number of benzene rings is 2. The number of methoxy groups -OCH3 is 1. The van der Waals surface area contributed by atoms with Crippen molar-refractivity contribution in [2.75, 3.05) is 7.11 Å². The zero-order valence-corrected chi connectivity index (χ0v) is 13.8. The second-order valence-electron chi connectivity index (χ2n) is 5.81. The molecule has 0 N–H and O–H groups in total. The molecule has 0 radical (unpaired) electrons. The van der Waals surface area contributed by atoms with Gasteiger partial charge in [-0.1, -0.05) is 60.7 Å². The number of ether oxygens (including phenoxy) is 1. The third-order valence-corrected chi connectivity index (χ3v) is 4.12. The Bertz CT molecular complexity index is 722. The number of Topliss-reactive ketones (excluding diaryl/α,β-unsaturated/α-hetero) is 2. The van der Waals surface area contributed by atoms with E-state index in [0.717, 1.165) is 0 Å². The van der Waals surface area contributed by atoms with Crippen molar-refractivity contribution in [3.05, 3.63) is 71.8 Å². The molecule has 2 aromatic rings. The van der Waals surface area contributed by atoms with E-state index in [-0.39, 0.29) is 24.4 Å². The molecule has 0 aromatic heterocycles. The molecule has 2 aromatic carbocycles. The smallest absolute Gasteiger partial charge is 0.319 e. The Morgan fingerprint density at radius 2 is 1.38 bits per heavy atom. The van der Waals surface area contributed by atoms with Crippen LogP contribution in [0.2, 0.25) is 0 Å². The Hall–Kier alpha value is -2.75. The van der Waals surface area contributed by atoms with Crippen molar-refractivity contribution in [2.24, 2.45) is 5.41 Å². The van der Waals surface area contributed by atoms with Gasteiger partial charge >= 0.3 is 5.97 Å². The predicted octanol–water partition coefficient (Wildman–Crippen LogP) is 3.71. The van der Waals surface area contributed by atoms with Crippen molar-refractivity contribution in [3.8, 4) is 0 Å². The summed E-state index contributed by atoms with van der Waals surface area (Å²) in [5.41, 5.74) is -0.394. The maximum absolute atomic E-state index is 12.8. The molecule has 0 spiro atoms. The lowest BCUT2D eigenvalue weighted by molar-refractivity contribution is -0.149. The van der Waals surface area contributed by atoms with E-state index in [0.29, 0.717) is 11.1 Å². The van der Waals surface area contributed by atoms with Gasteiger partial charge in [-0.15, -0.1) is 0 Å². The van der Waals surface area contributed by atoms with Crippen molar-refractivity contribution in [2.45, 2.75) is 19.8 Å². The van der Waals surface area contributed by atoms with Gasteiger partial charge in [-0.05, 0) is 13.3 Å². The minimum absolute atomic E-state index is 0.0915. The average Bonchev–Trinajstić information content (AvgIpc) is 2.65. The van der Waals surface area contributed by atoms with Crippen molar-refractivity contribution in [1.29, 1.82) is 0 Å². The van der Waals surface area contributed by atoms with Crippen LogP contribution in [0.25, 0.3) is 0 Å². The van der Waals surface area contributed by atoms with Crippen LogP contribution in [0.15, 0.2) is 60.7 Å². The molecule has 4 nitrogen and oxygen atoms in total. The van der Waals surface area contributed by atoms with Crippen LogP contribution in [0.4, 0.5) is 0 Å². The molecule has 0 amide bonds. The van der Waals surface area contributed by atoms with Crippen LogP contribution in [0.1, 0.15) is 40.5 Å². The van der Waals surface area contributed by atoms with Crippen molar-refractivity contribution in [3.63, 3.8) is 0 Å². The summed E-state index contributed by atoms with van der Waals surface area (Å²) < 4.78 is 4.82. The van der Waals surface area contributed by atoms with Gasteiger partial charge in [-0.3, -0.25) is 14.4 Å². The quantitative estimate of drug-likeness (QED) is 0.442. The Balaban J connectivity index is 2.21. The molecule has 0 aliphatic rings. The van der Waals surface area contributed by atoms with E-state index in [1.807, 2.05) is 6.07 Å². The number of ketones is 2. The minimum Gasteiger partial charge on any atom is -0.468 e. The van der Waals surface area contributed by atoms with E-state index in [9.17, 15) is 14.4 Å². The fraction of sp³-hybridized carbons (Fsp3) is 0.250. The minimum atomic E-state index is -1.39. The summed E-state index contributed by atoms with van der Waals surface area (Å²) in [5, 5.41) is 0. The molecule has 124 valence electrons. The first-order valence-corrected chi connectivity index (χ1v) is 7.75. The lowest BCUT2D eigenvalue weighted by atomic mass is 9.77. The lowest BCUT2D eigenvalue weighted by Gasteiger charge is -2.25. The van der Waals surface area contributed by atoms with Crippen LogP contribution >= 0.6 is 0 Å². The van der Waals surface area contributed by atoms with Crippen LogP contribution in [-0.2, 0) is 9.53 Å². The molecule has 0 heterocycles. The predicted molar refractivity (Wildman–Crippen MR) is 90.9 cm³/mol. The van der Waals surface area contributed by atoms with Crippen molar-refractivity contribution < 1.29 is 19.1 Å². The Morgan fingerprint density at radius 1 is 0.875 bits per heavy atom. The number of hydrogen-bond donors (Lipinski definition) is 0. The molecule has 0 bridgehead atoms. The summed E-state index contributed by atoms with van der Waals surface area (Å²) in [6.07, 6.45) is 0.190. The zero-order valence-electron chi connectivity index (χ0n) is 13.8. The first kappa shape index (κ1) is 17.6. The molecule has 0 fully saturated rings. The Kier molecular flexibility index (Phi) is 5.64. The lowest BCUT2D eigenvalue weighted by Crippen LogP contribution is -2.38. The molecule has 1 atom stereocenters. The normalized spacial score (nSPS) is 12.9. The molecule has 0 aliphatic heterocycles. The van der Waals surface area contributed by atoms with Crippen LogP contribution < -0.4 is 0 Å². The van der Waals surface area contributed by atoms with E-state index in [1.165, 1.54) is 14.0 Å².